The van der Waals surface area contributed by atoms with E-state index < -0.39 is 46.8 Å². The van der Waals surface area contributed by atoms with Gasteiger partial charge < -0.3 is 14.6 Å². The molecule has 9 rings (SSSR count). The molecule has 3 fully saturated rings. The minimum atomic E-state index is -1.38. The van der Waals surface area contributed by atoms with Crippen molar-refractivity contribution in [2.24, 2.45) is 36.1 Å². The van der Waals surface area contributed by atoms with Gasteiger partial charge in [-0.05, 0) is 67.3 Å². The van der Waals surface area contributed by atoms with E-state index in [0.717, 1.165) is 31.7 Å². The molecule has 4 amide bonds. The molecule has 1 N–H and O–H groups in total. The highest BCUT2D eigenvalue weighted by Gasteiger charge is 2.68. The van der Waals surface area contributed by atoms with Gasteiger partial charge in [0.15, 0.2) is 0 Å². The normalized spacial score (nSPS) is 25.8. The van der Waals surface area contributed by atoms with Gasteiger partial charge in [0.2, 0.25) is 23.6 Å². The van der Waals surface area contributed by atoms with Gasteiger partial charge in [0, 0.05) is 46.5 Å². The highest BCUT2D eigenvalue weighted by Crippen LogP contribution is 2.66. The summed E-state index contributed by atoms with van der Waals surface area (Å²) in [6.45, 7) is 3.96. The van der Waals surface area contributed by atoms with Gasteiger partial charge in [-0.25, -0.2) is 4.90 Å². The van der Waals surface area contributed by atoms with Crippen LogP contribution in [0.1, 0.15) is 42.4 Å². The zero-order chi connectivity index (χ0) is 39.4. The Balaban J connectivity index is 1.18. The van der Waals surface area contributed by atoms with Crippen molar-refractivity contribution in [2.45, 2.75) is 39.2 Å². The zero-order valence-electron chi connectivity index (χ0n) is 31.4. The van der Waals surface area contributed by atoms with Crippen LogP contribution >= 0.6 is 22.9 Å². The first-order valence-corrected chi connectivity index (χ1v) is 19.7. The van der Waals surface area contributed by atoms with Crippen LogP contribution in [0.25, 0.3) is 20.7 Å². The van der Waals surface area contributed by atoms with E-state index in [-0.39, 0.29) is 42.0 Å². The van der Waals surface area contributed by atoms with E-state index in [1.165, 1.54) is 36.2 Å². The van der Waals surface area contributed by atoms with Crippen molar-refractivity contribution in [3.63, 3.8) is 0 Å². The number of nitrogens with zero attached hydrogens (tertiary/aromatic N) is 4. The van der Waals surface area contributed by atoms with Crippen LogP contribution in [-0.2, 0) is 32.8 Å². The molecule has 0 radical (unpaired) electrons. The molecule has 4 aliphatic rings. The molecule has 6 unspecified atom stereocenters. The number of aryl methyl sites for hydroxylation is 2. The van der Waals surface area contributed by atoms with Crippen LogP contribution in [0.3, 0.4) is 0 Å². The van der Waals surface area contributed by atoms with Gasteiger partial charge in [0.05, 0.1) is 48.8 Å². The SMILES string of the molecule is COc1cc(O)cc(OC)c1C1C2=CCC3C(=O)N(Cc4ccccc4)C(=O)C3C2CC2C(=O)N(c3cc(-c4sc5ccc(Cl)cc5c4C)nn3C)C(=O)C21C. The number of likely N-dealkylation sites (tertiary alicyclic amines) is 1. The number of phenols is 1. The molecule has 2 aliphatic carbocycles. The smallest absolute Gasteiger partial charge is 0.242 e. The van der Waals surface area contributed by atoms with Gasteiger partial charge in [-0.2, -0.15) is 5.10 Å². The predicted octanol–water partition coefficient (Wildman–Crippen LogP) is 7.42. The Labute approximate surface area is 332 Å². The number of carbonyl (C=O) groups excluding carboxylic acids is 4. The Morgan fingerprint density at radius 1 is 0.946 bits per heavy atom. The molecule has 2 aromatic heterocycles. The molecule has 1 saturated carbocycles. The molecule has 2 saturated heterocycles. The molecular formula is C43H39ClN4O7S. The summed E-state index contributed by atoms with van der Waals surface area (Å²) in [5.74, 6) is -4.14. The third-order valence-corrected chi connectivity index (χ3v) is 14.1. The summed E-state index contributed by atoms with van der Waals surface area (Å²) in [7, 11) is 4.65. The monoisotopic (exact) mass is 790 g/mol. The topological polar surface area (TPSA) is 131 Å². The van der Waals surface area contributed by atoms with E-state index in [1.807, 2.05) is 61.5 Å². The molecule has 5 aromatic rings. The van der Waals surface area contributed by atoms with Gasteiger partial charge in [0.1, 0.15) is 28.8 Å². The second kappa shape index (κ2) is 13.1. The van der Waals surface area contributed by atoms with Crippen LogP contribution in [0, 0.1) is 36.0 Å². The lowest BCUT2D eigenvalue weighted by molar-refractivity contribution is -0.141. The Morgan fingerprint density at radius 2 is 1.66 bits per heavy atom. The van der Waals surface area contributed by atoms with Crippen LogP contribution < -0.4 is 14.4 Å². The third kappa shape index (κ3) is 5.11. The molecule has 56 heavy (non-hydrogen) atoms. The predicted molar refractivity (Wildman–Crippen MR) is 212 cm³/mol. The average molecular weight is 791 g/mol. The third-order valence-electron chi connectivity index (χ3n) is 12.6. The quantitative estimate of drug-likeness (QED) is 0.133. The molecule has 6 atom stereocenters. The number of fused-ring (bicyclic) bond motifs is 5. The molecule has 4 heterocycles. The first-order chi connectivity index (χ1) is 26.9. The number of anilines is 1. The van der Waals surface area contributed by atoms with E-state index >= 15 is 9.59 Å². The second-order valence-electron chi connectivity index (χ2n) is 15.4. The number of halogens is 1. The van der Waals surface area contributed by atoms with Crippen LogP contribution in [0.15, 0.2) is 78.4 Å². The van der Waals surface area contributed by atoms with Crippen molar-refractivity contribution in [2.75, 3.05) is 19.1 Å². The Morgan fingerprint density at radius 3 is 2.36 bits per heavy atom. The minimum Gasteiger partial charge on any atom is -0.508 e. The highest BCUT2D eigenvalue weighted by atomic mass is 35.5. The number of methoxy groups -OCH3 is 2. The van der Waals surface area contributed by atoms with Crippen LogP contribution in [0.4, 0.5) is 5.82 Å². The van der Waals surface area contributed by atoms with E-state index in [0.29, 0.717) is 28.5 Å². The van der Waals surface area contributed by atoms with Gasteiger partial charge in [-0.15, -0.1) is 11.3 Å². The number of carbonyl (C=O) groups is 4. The summed E-state index contributed by atoms with van der Waals surface area (Å²) in [6, 6.07) is 19.8. The fraction of sp³-hybridized carbons (Fsp3) is 0.326. The number of benzene rings is 3. The summed E-state index contributed by atoms with van der Waals surface area (Å²) in [4.78, 5) is 62.3. The lowest BCUT2D eigenvalue weighted by atomic mass is 9.51. The van der Waals surface area contributed by atoms with Crippen LogP contribution in [-0.4, -0.2) is 57.6 Å². The molecule has 11 nitrogen and oxygen atoms in total. The lowest BCUT2D eigenvalue weighted by Crippen LogP contribution is -2.49. The van der Waals surface area contributed by atoms with Crippen molar-refractivity contribution in [3.8, 4) is 27.8 Å². The standard InChI is InChI=1S/C43H39ClN4O7S/c1-21-27-15-23(44)11-14-33(27)56-38(21)30-19-34(46(3)45-30)48-40(51)29-18-28-25(12-13-26-35(28)41(52)47(39(26)50)20-22-9-7-6-8-10-22)37(43(29,2)42(48)53)36-31(54-4)16-24(49)17-32(36)55-5/h6-12,14-17,19,26,28-29,35,37,49H,13,18,20H2,1-5H3. The molecule has 0 bridgehead atoms. The fourth-order valence-corrected chi connectivity index (χ4v) is 11.3. The molecule has 0 spiro atoms. The molecule has 3 aromatic carbocycles. The molecule has 2 aliphatic heterocycles. The van der Waals surface area contributed by atoms with E-state index in [4.69, 9.17) is 26.2 Å². The number of imide groups is 2. The number of hydrogen-bond donors (Lipinski definition) is 1. The number of thiophene rings is 1. The molecule has 13 heteroatoms. The maximum Gasteiger partial charge on any atom is 0.242 e. The average Bonchev–Trinajstić information content (AvgIpc) is 3.85. The van der Waals surface area contributed by atoms with Gasteiger partial charge >= 0.3 is 0 Å². The maximum absolute atomic E-state index is 15.3. The summed E-state index contributed by atoms with van der Waals surface area (Å²) in [5.41, 5.74) is 2.33. The first kappa shape index (κ1) is 36.2. The van der Waals surface area contributed by atoms with Crippen LogP contribution in [0.2, 0.25) is 5.02 Å². The van der Waals surface area contributed by atoms with Crippen molar-refractivity contribution in [1.29, 1.82) is 0 Å². The highest BCUT2D eigenvalue weighted by molar-refractivity contribution is 7.22. The van der Waals surface area contributed by atoms with E-state index in [9.17, 15) is 14.7 Å². The summed E-state index contributed by atoms with van der Waals surface area (Å²) in [5, 5.41) is 17.1. The number of aromatic hydroxyl groups is 1. The van der Waals surface area contributed by atoms with Gasteiger partial charge in [-0.3, -0.25) is 28.8 Å². The fourth-order valence-electron chi connectivity index (χ4n) is 9.95. The number of allylic oxidation sites excluding steroid dienone is 2. The van der Waals surface area contributed by atoms with Crippen LogP contribution in [0.5, 0.6) is 17.2 Å². The number of rotatable bonds is 7. The molecular weight excluding hydrogens is 752 g/mol. The van der Waals surface area contributed by atoms with E-state index in [1.54, 1.807) is 36.1 Å². The summed E-state index contributed by atoms with van der Waals surface area (Å²) in [6.07, 6.45) is 2.46. The summed E-state index contributed by atoms with van der Waals surface area (Å²) < 4.78 is 14.3. The van der Waals surface area contributed by atoms with Crippen molar-refractivity contribution < 1.29 is 33.8 Å². The minimum absolute atomic E-state index is 0.0982. The van der Waals surface area contributed by atoms with E-state index in [2.05, 4.69) is 0 Å². The zero-order valence-corrected chi connectivity index (χ0v) is 33.0. The lowest BCUT2D eigenvalue weighted by Gasteiger charge is -2.49. The van der Waals surface area contributed by atoms with Crippen molar-refractivity contribution in [3.05, 3.63) is 100 Å². The number of amides is 4. The Hall–Kier alpha value is -5.46. The number of ether oxygens (including phenoxy) is 2. The number of phenolic OH excluding ortho intramolecular Hbond substituents is 1. The summed E-state index contributed by atoms with van der Waals surface area (Å²) >= 11 is 7.89. The number of aromatic nitrogens is 2. The van der Waals surface area contributed by atoms with Gasteiger partial charge in [0.25, 0.3) is 0 Å². The Bertz CT molecular complexity index is 2520. The van der Waals surface area contributed by atoms with Crippen molar-refractivity contribution >= 4 is 62.5 Å². The largest absolute Gasteiger partial charge is 0.508 e. The Kier molecular flexibility index (Phi) is 8.44. The van der Waals surface area contributed by atoms with Gasteiger partial charge in [-0.1, -0.05) is 53.6 Å². The van der Waals surface area contributed by atoms with Crippen molar-refractivity contribution in [1.82, 2.24) is 14.7 Å². The first-order valence-electron chi connectivity index (χ1n) is 18.5. The second-order valence-corrected chi connectivity index (χ2v) is 16.9. The maximum atomic E-state index is 15.3. The molecule has 286 valence electrons. The number of hydrogen-bond acceptors (Lipinski definition) is 9.